The van der Waals surface area contributed by atoms with Gasteiger partial charge in [-0.25, -0.2) is 0 Å². The van der Waals surface area contributed by atoms with Crippen LogP contribution in [0.3, 0.4) is 0 Å². The summed E-state index contributed by atoms with van der Waals surface area (Å²) in [7, 11) is 0. The van der Waals surface area contributed by atoms with Crippen molar-refractivity contribution in [2.45, 2.75) is 31.7 Å². The Balaban J connectivity index is 2.27. The lowest BCUT2D eigenvalue weighted by atomic mass is 9.94. The molecule has 0 saturated heterocycles. The predicted molar refractivity (Wildman–Crippen MR) is 67.1 cm³/mol. The van der Waals surface area contributed by atoms with Crippen LogP contribution in [0.5, 0.6) is 0 Å². The van der Waals surface area contributed by atoms with E-state index in [1.54, 1.807) is 12.1 Å². The maximum atomic E-state index is 10.9. The molecule has 2 rings (SSSR count). The van der Waals surface area contributed by atoms with E-state index >= 15 is 0 Å². The largest absolute Gasteiger partial charge is 0.327 e. The zero-order valence-electron chi connectivity index (χ0n) is 9.43. The number of hydrogen-bond donors (Lipinski definition) is 1. The van der Waals surface area contributed by atoms with Crippen LogP contribution in [0.15, 0.2) is 18.2 Å². The molecular weight excluding hydrogens is 240 g/mol. The lowest BCUT2D eigenvalue weighted by Gasteiger charge is -2.15. The average Bonchev–Trinajstić information content (AvgIpc) is 2.67. The first kappa shape index (κ1) is 12.3. The van der Waals surface area contributed by atoms with Crippen LogP contribution in [0.2, 0.25) is 5.02 Å². The van der Waals surface area contributed by atoms with E-state index < -0.39 is 0 Å². The second-order valence-electron chi connectivity index (χ2n) is 4.55. The summed E-state index contributed by atoms with van der Waals surface area (Å²) in [6.45, 7) is 0. The van der Waals surface area contributed by atoms with E-state index in [4.69, 9.17) is 17.3 Å². The number of nitro benzene ring substituents is 1. The Labute approximate surface area is 105 Å². The number of rotatable bonds is 3. The number of hydrogen-bond acceptors (Lipinski definition) is 3. The first-order chi connectivity index (χ1) is 8.09. The smallest absolute Gasteiger partial charge is 0.274 e. The summed E-state index contributed by atoms with van der Waals surface area (Å²) in [5.41, 5.74) is 6.72. The van der Waals surface area contributed by atoms with Gasteiger partial charge in [-0.2, -0.15) is 0 Å². The molecule has 0 radical (unpaired) electrons. The molecule has 2 unspecified atom stereocenters. The van der Waals surface area contributed by atoms with Gasteiger partial charge < -0.3 is 5.73 Å². The van der Waals surface area contributed by atoms with Gasteiger partial charge in [0.05, 0.1) is 9.95 Å². The van der Waals surface area contributed by atoms with E-state index in [0.717, 1.165) is 19.3 Å². The van der Waals surface area contributed by atoms with Crippen LogP contribution in [0.25, 0.3) is 0 Å². The lowest BCUT2D eigenvalue weighted by Crippen LogP contribution is -2.26. The van der Waals surface area contributed by atoms with Crippen LogP contribution >= 0.6 is 11.6 Å². The normalized spacial score (nSPS) is 23.9. The molecule has 0 spiro atoms. The standard InChI is InChI=1S/C12H15ClN2O2/c13-10-4-2-6-12(15(16)17)9(10)7-8-3-1-5-11(8)14/h2,4,6,8,11H,1,3,5,7,14H2. The van der Waals surface area contributed by atoms with Crippen LogP contribution in [-0.2, 0) is 6.42 Å². The maximum Gasteiger partial charge on any atom is 0.274 e. The van der Waals surface area contributed by atoms with Crippen molar-refractivity contribution in [1.29, 1.82) is 0 Å². The van der Waals surface area contributed by atoms with Crippen molar-refractivity contribution in [3.05, 3.63) is 38.9 Å². The summed E-state index contributed by atoms with van der Waals surface area (Å²) in [6.07, 6.45) is 3.74. The van der Waals surface area contributed by atoms with Crippen molar-refractivity contribution in [3.63, 3.8) is 0 Å². The molecular formula is C12H15ClN2O2. The van der Waals surface area contributed by atoms with Crippen molar-refractivity contribution in [1.82, 2.24) is 0 Å². The fourth-order valence-corrected chi connectivity index (χ4v) is 2.75. The quantitative estimate of drug-likeness (QED) is 0.666. The van der Waals surface area contributed by atoms with Crippen LogP contribution in [0.4, 0.5) is 5.69 Å². The molecule has 2 N–H and O–H groups in total. The minimum atomic E-state index is -0.373. The van der Waals surface area contributed by atoms with E-state index in [1.165, 1.54) is 6.07 Å². The van der Waals surface area contributed by atoms with Gasteiger partial charge in [-0.1, -0.05) is 24.1 Å². The van der Waals surface area contributed by atoms with Crippen molar-refractivity contribution >= 4 is 17.3 Å². The molecule has 0 heterocycles. The zero-order valence-corrected chi connectivity index (χ0v) is 10.2. The number of benzene rings is 1. The second-order valence-corrected chi connectivity index (χ2v) is 4.96. The van der Waals surface area contributed by atoms with Gasteiger partial charge in [0.1, 0.15) is 0 Å². The first-order valence-corrected chi connectivity index (χ1v) is 6.14. The molecule has 0 amide bonds. The van der Waals surface area contributed by atoms with Gasteiger partial charge in [-0.05, 0) is 31.2 Å². The highest BCUT2D eigenvalue weighted by Crippen LogP contribution is 2.33. The monoisotopic (exact) mass is 254 g/mol. The molecule has 17 heavy (non-hydrogen) atoms. The molecule has 92 valence electrons. The summed E-state index contributed by atoms with van der Waals surface area (Å²) < 4.78 is 0. The Bertz CT molecular complexity index is 437. The molecule has 1 fully saturated rings. The van der Waals surface area contributed by atoms with E-state index in [9.17, 15) is 10.1 Å². The summed E-state index contributed by atoms with van der Waals surface area (Å²) in [4.78, 5) is 10.6. The Hall–Kier alpha value is -1.13. The van der Waals surface area contributed by atoms with E-state index in [0.29, 0.717) is 22.9 Å². The molecule has 0 aromatic heterocycles. The summed E-state index contributed by atoms with van der Waals surface area (Å²) in [5.74, 6) is 0.314. The number of nitro groups is 1. The van der Waals surface area contributed by atoms with Gasteiger partial charge in [-0.15, -0.1) is 0 Å². The fraction of sp³-hybridized carbons (Fsp3) is 0.500. The molecule has 0 aliphatic heterocycles. The van der Waals surface area contributed by atoms with Crippen molar-refractivity contribution in [3.8, 4) is 0 Å². The molecule has 1 aromatic rings. The third-order valence-electron chi connectivity index (χ3n) is 3.48. The van der Waals surface area contributed by atoms with Crippen LogP contribution in [-0.4, -0.2) is 11.0 Å². The van der Waals surface area contributed by atoms with Crippen molar-refractivity contribution in [2.75, 3.05) is 0 Å². The van der Waals surface area contributed by atoms with E-state index in [-0.39, 0.29) is 16.7 Å². The van der Waals surface area contributed by atoms with Gasteiger partial charge in [0.15, 0.2) is 0 Å². The second kappa shape index (κ2) is 5.02. The van der Waals surface area contributed by atoms with Gasteiger partial charge in [0.25, 0.3) is 5.69 Å². The SMILES string of the molecule is NC1CCCC1Cc1c(Cl)cccc1[N+](=O)[O-]. The maximum absolute atomic E-state index is 10.9. The molecule has 4 nitrogen and oxygen atoms in total. The predicted octanol–water partition coefficient (Wildman–Crippen LogP) is 2.92. The van der Waals surface area contributed by atoms with Crippen molar-refractivity contribution in [2.24, 2.45) is 11.7 Å². The average molecular weight is 255 g/mol. The Morgan fingerprint density at radius 3 is 2.82 bits per heavy atom. The number of nitrogens with zero attached hydrogens (tertiary/aromatic N) is 1. The topological polar surface area (TPSA) is 69.2 Å². The minimum absolute atomic E-state index is 0.108. The first-order valence-electron chi connectivity index (χ1n) is 5.77. The molecule has 1 aliphatic carbocycles. The highest BCUT2D eigenvalue weighted by atomic mass is 35.5. The van der Waals surface area contributed by atoms with Gasteiger partial charge in [0, 0.05) is 17.7 Å². The summed E-state index contributed by atoms with van der Waals surface area (Å²) in [6, 6.07) is 4.95. The molecule has 1 aromatic carbocycles. The summed E-state index contributed by atoms with van der Waals surface area (Å²) >= 11 is 6.05. The minimum Gasteiger partial charge on any atom is -0.327 e. The molecule has 0 bridgehead atoms. The van der Waals surface area contributed by atoms with Crippen LogP contribution in [0.1, 0.15) is 24.8 Å². The van der Waals surface area contributed by atoms with E-state index in [1.807, 2.05) is 0 Å². The van der Waals surface area contributed by atoms with Crippen LogP contribution < -0.4 is 5.73 Å². The van der Waals surface area contributed by atoms with Gasteiger partial charge >= 0.3 is 0 Å². The third kappa shape index (κ3) is 2.58. The van der Waals surface area contributed by atoms with Gasteiger partial charge in [0.2, 0.25) is 0 Å². The Morgan fingerprint density at radius 1 is 1.47 bits per heavy atom. The van der Waals surface area contributed by atoms with E-state index in [2.05, 4.69) is 0 Å². The van der Waals surface area contributed by atoms with Gasteiger partial charge in [-0.3, -0.25) is 10.1 Å². The number of nitrogens with two attached hydrogens (primary N) is 1. The molecule has 1 saturated carbocycles. The van der Waals surface area contributed by atoms with Crippen molar-refractivity contribution < 1.29 is 4.92 Å². The fourth-order valence-electron chi connectivity index (χ4n) is 2.50. The Kier molecular flexibility index (Phi) is 3.64. The lowest BCUT2D eigenvalue weighted by molar-refractivity contribution is -0.385. The Morgan fingerprint density at radius 2 is 2.24 bits per heavy atom. The zero-order chi connectivity index (χ0) is 12.4. The van der Waals surface area contributed by atoms with Crippen LogP contribution in [0, 0.1) is 16.0 Å². The number of halogens is 1. The molecule has 2 atom stereocenters. The molecule has 1 aliphatic rings. The highest BCUT2D eigenvalue weighted by molar-refractivity contribution is 6.31. The highest BCUT2D eigenvalue weighted by Gasteiger charge is 2.27. The summed E-state index contributed by atoms with van der Waals surface area (Å²) in [5, 5.41) is 11.4. The third-order valence-corrected chi connectivity index (χ3v) is 3.83. The molecule has 5 heteroatoms.